The summed E-state index contributed by atoms with van der Waals surface area (Å²) in [6, 6.07) is 4.97. The maximum Gasteiger partial charge on any atom is 0.126 e. The smallest absolute Gasteiger partial charge is 0.126 e. The molecule has 18 heavy (non-hydrogen) atoms. The van der Waals surface area contributed by atoms with Crippen LogP contribution in [0.4, 0.5) is 4.39 Å². The molecule has 0 saturated heterocycles. The molecule has 0 fully saturated rings. The number of rotatable bonds is 2. The molecule has 0 amide bonds. The van der Waals surface area contributed by atoms with Gasteiger partial charge < -0.3 is 4.42 Å². The van der Waals surface area contributed by atoms with Crippen LogP contribution in [0.15, 0.2) is 22.6 Å². The number of halogens is 2. The van der Waals surface area contributed by atoms with E-state index in [1.807, 2.05) is 20.8 Å². The summed E-state index contributed by atoms with van der Waals surface area (Å²) in [6.45, 7) is 7.56. The van der Waals surface area contributed by atoms with Crippen molar-refractivity contribution >= 4 is 11.6 Å². The maximum absolute atomic E-state index is 13.3. The van der Waals surface area contributed by atoms with Gasteiger partial charge in [-0.05, 0) is 50.5 Å². The van der Waals surface area contributed by atoms with Crippen LogP contribution >= 0.6 is 11.6 Å². The average molecular weight is 267 g/mol. The highest BCUT2D eigenvalue weighted by molar-refractivity contribution is 6.22. The zero-order valence-electron chi connectivity index (χ0n) is 11.0. The lowest BCUT2D eigenvalue weighted by Gasteiger charge is -2.11. The van der Waals surface area contributed by atoms with Crippen molar-refractivity contribution in [1.29, 1.82) is 0 Å². The third-order valence-corrected chi connectivity index (χ3v) is 3.82. The number of furan rings is 1. The lowest BCUT2D eigenvalue weighted by Crippen LogP contribution is -1.97. The molecule has 0 aliphatic heterocycles. The van der Waals surface area contributed by atoms with Gasteiger partial charge >= 0.3 is 0 Å². The molecule has 1 aromatic carbocycles. The number of hydrogen-bond acceptors (Lipinski definition) is 1. The monoisotopic (exact) mass is 266 g/mol. The first-order valence-corrected chi connectivity index (χ1v) is 6.32. The maximum atomic E-state index is 13.3. The predicted molar refractivity (Wildman–Crippen MR) is 71.8 cm³/mol. The van der Waals surface area contributed by atoms with E-state index < -0.39 is 0 Å². The van der Waals surface area contributed by atoms with Gasteiger partial charge in [-0.2, -0.15) is 0 Å². The van der Waals surface area contributed by atoms with Crippen LogP contribution in [0.3, 0.4) is 0 Å². The van der Waals surface area contributed by atoms with Gasteiger partial charge in [0, 0.05) is 5.56 Å². The van der Waals surface area contributed by atoms with E-state index in [2.05, 4.69) is 0 Å². The van der Waals surface area contributed by atoms with E-state index in [1.54, 1.807) is 19.1 Å². The van der Waals surface area contributed by atoms with E-state index in [9.17, 15) is 4.39 Å². The molecule has 0 bridgehead atoms. The fourth-order valence-corrected chi connectivity index (χ4v) is 2.63. The molecule has 0 saturated carbocycles. The highest BCUT2D eigenvalue weighted by Crippen LogP contribution is 2.36. The minimum absolute atomic E-state index is 0.209. The highest BCUT2D eigenvalue weighted by atomic mass is 35.5. The summed E-state index contributed by atoms with van der Waals surface area (Å²) in [7, 11) is 0. The third-order valence-electron chi connectivity index (χ3n) is 3.35. The summed E-state index contributed by atoms with van der Waals surface area (Å²) < 4.78 is 18.8. The van der Waals surface area contributed by atoms with E-state index in [4.69, 9.17) is 16.0 Å². The molecule has 3 heteroatoms. The zero-order valence-corrected chi connectivity index (χ0v) is 11.7. The molecular weight excluding hydrogens is 251 g/mol. The van der Waals surface area contributed by atoms with Gasteiger partial charge in [-0.1, -0.05) is 12.1 Å². The molecule has 1 atom stereocenters. The minimum Gasteiger partial charge on any atom is -0.466 e. The normalized spacial score (nSPS) is 12.8. The van der Waals surface area contributed by atoms with Crippen molar-refractivity contribution < 1.29 is 8.81 Å². The Balaban J connectivity index is 2.47. The molecule has 0 aliphatic rings. The fourth-order valence-electron chi connectivity index (χ4n) is 2.18. The quantitative estimate of drug-likeness (QED) is 0.699. The first-order chi connectivity index (χ1) is 8.41. The lowest BCUT2D eigenvalue weighted by molar-refractivity contribution is 0.500. The van der Waals surface area contributed by atoms with Gasteiger partial charge in [-0.25, -0.2) is 4.39 Å². The molecule has 2 aromatic rings. The van der Waals surface area contributed by atoms with Crippen LogP contribution in [-0.2, 0) is 0 Å². The Bertz CT molecular complexity index is 586. The van der Waals surface area contributed by atoms with Crippen molar-refractivity contribution in [2.24, 2.45) is 0 Å². The molecule has 0 spiro atoms. The second-order valence-electron chi connectivity index (χ2n) is 4.62. The van der Waals surface area contributed by atoms with Crippen molar-refractivity contribution in [2.45, 2.75) is 33.1 Å². The second-order valence-corrected chi connectivity index (χ2v) is 5.06. The molecule has 0 aliphatic carbocycles. The van der Waals surface area contributed by atoms with Gasteiger partial charge in [0.15, 0.2) is 0 Å². The van der Waals surface area contributed by atoms with E-state index in [-0.39, 0.29) is 11.2 Å². The third kappa shape index (κ3) is 2.17. The van der Waals surface area contributed by atoms with Crippen molar-refractivity contribution in [2.75, 3.05) is 0 Å². The number of benzene rings is 1. The highest BCUT2D eigenvalue weighted by Gasteiger charge is 2.21. The Labute approximate surface area is 112 Å². The summed E-state index contributed by atoms with van der Waals surface area (Å²) in [6.07, 6.45) is 0. The van der Waals surface area contributed by atoms with Gasteiger partial charge in [-0.3, -0.25) is 0 Å². The molecular formula is C15H16ClFO. The largest absolute Gasteiger partial charge is 0.466 e. The van der Waals surface area contributed by atoms with E-state index in [1.165, 1.54) is 6.07 Å². The zero-order chi connectivity index (χ0) is 13.4. The van der Waals surface area contributed by atoms with Gasteiger partial charge in [0.25, 0.3) is 0 Å². The van der Waals surface area contributed by atoms with E-state index in [0.29, 0.717) is 5.56 Å². The van der Waals surface area contributed by atoms with Gasteiger partial charge in [0.1, 0.15) is 17.3 Å². The Hall–Kier alpha value is -1.28. The summed E-state index contributed by atoms with van der Waals surface area (Å²) in [5.41, 5.74) is 3.55. The second kappa shape index (κ2) is 4.77. The predicted octanol–water partition coefficient (Wildman–Crippen LogP) is 4.98. The number of hydrogen-bond donors (Lipinski definition) is 0. The van der Waals surface area contributed by atoms with Crippen molar-refractivity contribution in [3.8, 4) is 0 Å². The number of aryl methyl sites for hydroxylation is 3. The van der Waals surface area contributed by atoms with Crippen molar-refractivity contribution in [3.63, 3.8) is 0 Å². The Morgan fingerprint density at radius 3 is 2.28 bits per heavy atom. The van der Waals surface area contributed by atoms with Gasteiger partial charge in [0.2, 0.25) is 0 Å². The van der Waals surface area contributed by atoms with Crippen LogP contribution in [-0.4, -0.2) is 0 Å². The van der Waals surface area contributed by atoms with Crippen LogP contribution < -0.4 is 0 Å². The first-order valence-electron chi connectivity index (χ1n) is 5.88. The molecule has 1 aromatic heterocycles. The lowest BCUT2D eigenvalue weighted by atomic mass is 9.99. The summed E-state index contributed by atoms with van der Waals surface area (Å²) in [4.78, 5) is 0. The molecule has 1 unspecified atom stereocenters. The first kappa shape index (κ1) is 13.2. The Morgan fingerprint density at radius 2 is 1.78 bits per heavy atom. The average Bonchev–Trinajstić information content (AvgIpc) is 2.56. The van der Waals surface area contributed by atoms with Gasteiger partial charge in [0.05, 0.1) is 5.38 Å². The van der Waals surface area contributed by atoms with E-state index >= 15 is 0 Å². The van der Waals surface area contributed by atoms with Crippen LogP contribution in [0.5, 0.6) is 0 Å². The standard InChI is InChI=1S/C15H16ClFO/c1-8-7-12(5-6-13(8)17)15(16)14-9(2)10(3)18-11(14)4/h5-7,15H,1-4H3. The molecule has 1 heterocycles. The molecule has 2 rings (SSSR count). The fraction of sp³-hybridized carbons (Fsp3) is 0.333. The summed E-state index contributed by atoms with van der Waals surface area (Å²) in [5, 5.41) is -0.304. The minimum atomic E-state index is -0.304. The SMILES string of the molecule is Cc1cc(C(Cl)c2c(C)oc(C)c2C)ccc1F. The summed E-state index contributed by atoms with van der Waals surface area (Å²) >= 11 is 6.50. The molecule has 0 N–H and O–H groups in total. The summed E-state index contributed by atoms with van der Waals surface area (Å²) in [5.74, 6) is 1.50. The molecule has 96 valence electrons. The number of alkyl halides is 1. The van der Waals surface area contributed by atoms with Crippen molar-refractivity contribution in [3.05, 3.63) is 57.8 Å². The van der Waals surface area contributed by atoms with Crippen LogP contribution in [0.1, 0.15) is 39.2 Å². The van der Waals surface area contributed by atoms with Crippen molar-refractivity contribution in [1.82, 2.24) is 0 Å². The van der Waals surface area contributed by atoms with E-state index in [0.717, 1.165) is 28.2 Å². The van der Waals surface area contributed by atoms with Gasteiger partial charge in [-0.15, -0.1) is 11.6 Å². The topological polar surface area (TPSA) is 13.1 Å². The van der Waals surface area contributed by atoms with Crippen LogP contribution in [0.2, 0.25) is 0 Å². The van der Waals surface area contributed by atoms with Crippen LogP contribution in [0.25, 0.3) is 0 Å². The molecule has 1 nitrogen and oxygen atoms in total. The van der Waals surface area contributed by atoms with Crippen LogP contribution in [0, 0.1) is 33.5 Å². The molecule has 0 radical (unpaired) electrons. The Kier molecular flexibility index (Phi) is 3.49. The Morgan fingerprint density at radius 1 is 1.11 bits per heavy atom.